The lowest BCUT2D eigenvalue weighted by atomic mass is 10.2. The van der Waals surface area contributed by atoms with Crippen molar-refractivity contribution in [3.05, 3.63) is 17.7 Å². The van der Waals surface area contributed by atoms with E-state index in [-0.39, 0.29) is 22.7 Å². The second-order valence-electron chi connectivity index (χ2n) is 7.26. The van der Waals surface area contributed by atoms with E-state index in [4.69, 9.17) is 0 Å². The smallest absolute Gasteiger partial charge is 0.246 e. The summed E-state index contributed by atoms with van der Waals surface area (Å²) in [6.07, 6.45) is 6.90. The van der Waals surface area contributed by atoms with Crippen molar-refractivity contribution < 1.29 is 9.59 Å². The van der Waals surface area contributed by atoms with Crippen LogP contribution in [-0.2, 0) is 29.1 Å². The van der Waals surface area contributed by atoms with Gasteiger partial charge in [0.2, 0.25) is 11.8 Å². The van der Waals surface area contributed by atoms with Crippen LogP contribution in [0.25, 0.3) is 0 Å². The van der Waals surface area contributed by atoms with Gasteiger partial charge in [-0.1, -0.05) is 0 Å². The monoisotopic (exact) mass is 348 g/mol. The van der Waals surface area contributed by atoms with E-state index in [2.05, 4.69) is 22.7 Å². The maximum atomic E-state index is 12.9. The van der Waals surface area contributed by atoms with Gasteiger partial charge in [0.25, 0.3) is 0 Å². The summed E-state index contributed by atoms with van der Waals surface area (Å²) in [5.41, 5.74) is 0.948. The van der Waals surface area contributed by atoms with Gasteiger partial charge in [-0.15, -0.1) is 11.8 Å². The second-order valence-corrected chi connectivity index (χ2v) is 8.76. The number of hydrogen-bond donors (Lipinski definition) is 0. The lowest BCUT2D eigenvalue weighted by Gasteiger charge is -2.31. The first-order chi connectivity index (χ1) is 11.5. The number of likely N-dealkylation sites (N-methyl/N-ethyl adjacent to an activating group) is 1. The molecule has 4 heterocycles. The van der Waals surface area contributed by atoms with Crippen LogP contribution in [0, 0.1) is 0 Å². The zero-order valence-corrected chi connectivity index (χ0v) is 15.1. The van der Waals surface area contributed by atoms with Crippen molar-refractivity contribution in [2.24, 2.45) is 0 Å². The highest BCUT2D eigenvalue weighted by Crippen LogP contribution is 2.47. The molecule has 0 aliphatic carbocycles. The number of fused-ring (bicyclic) bond motifs is 2. The number of hydrogen-bond acceptors (Lipinski definition) is 4. The number of aromatic nitrogens is 2. The van der Waals surface area contributed by atoms with Gasteiger partial charge in [-0.05, 0) is 26.2 Å². The average Bonchev–Trinajstić information content (AvgIpc) is 3.20. The number of aryl methyl sites for hydroxylation is 2. The fraction of sp³-hybridized carbons (Fsp3) is 0.706. The first-order valence-electron chi connectivity index (χ1n) is 8.74. The molecule has 2 amide bonds. The van der Waals surface area contributed by atoms with Crippen LogP contribution in [0.1, 0.15) is 44.1 Å². The van der Waals surface area contributed by atoms with E-state index in [9.17, 15) is 9.59 Å². The first kappa shape index (κ1) is 16.0. The lowest BCUT2D eigenvalue weighted by molar-refractivity contribution is -0.143. The van der Waals surface area contributed by atoms with E-state index in [0.717, 1.165) is 30.9 Å². The molecule has 2 unspecified atom stereocenters. The minimum Gasteiger partial charge on any atom is -0.338 e. The quantitative estimate of drug-likeness (QED) is 0.833. The highest BCUT2D eigenvalue weighted by atomic mass is 32.2. The Morgan fingerprint density at radius 1 is 1.46 bits per heavy atom. The van der Waals surface area contributed by atoms with E-state index in [1.807, 2.05) is 11.9 Å². The molecule has 3 aliphatic heterocycles. The third kappa shape index (κ3) is 2.53. The van der Waals surface area contributed by atoms with Gasteiger partial charge in [0.1, 0.15) is 11.9 Å². The third-order valence-corrected chi connectivity index (χ3v) is 6.97. The van der Waals surface area contributed by atoms with Crippen molar-refractivity contribution in [2.45, 2.75) is 63.0 Å². The fourth-order valence-electron chi connectivity index (χ4n) is 4.13. The van der Waals surface area contributed by atoms with E-state index in [1.54, 1.807) is 16.7 Å². The Bertz CT molecular complexity index is 665. The number of rotatable bonds is 3. The molecule has 0 radical (unpaired) electrons. The summed E-state index contributed by atoms with van der Waals surface area (Å²) in [6, 6.07) is -0.322. The molecule has 2 fully saturated rings. The fourth-order valence-corrected chi connectivity index (χ4v) is 5.55. The van der Waals surface area contributed by atoms with Gasteiger partial charge < -0.3 is 14.4 Å². The van der Waals surface area contributed by atoms with Crippen molar-refractivity contribution >= 4 is 23.6 Å². The van der Waals surface area contributed by atoms with Gasteiger partial charge in [0.15, 0.2) is 0 Å². The van der Waals surface area contributed by atoms with Gasteiger partial charge in [-0.25, -0.2) is 4.98 Å². The minimum atomic E-state index is -0.322. The molecule has 2 saturated heterocycles. The lowest BCUT2D eigenvalue weighted by Crippen LogP contribution is -2.50. The van der Waals surface area contributed by atoms with Crippen molar-refractivity contribution in [1.29, 1.82) is 0 Å². The number of thioether (sulfide) groups is 1. The van der Waals surface area contributed by atoms with Crippen molar-refractivity contribution in [3.63, 3.8) is 0 Å². The van der Waals surface area contributed by atoms with Crippen molar-refractivity contribution in [3.8, 4) is 0 Å². The van der Waals surface area contributed by atoms with Crippen LogP contribution < -0.4 is 0 Å². The number of carbonyl (C=O) groups excluding carboxylic acids is 2. The maximum Gasteiger partial charge on any atom is 0.246 e. The molecule has 130 valence electrons. The van der Waals surface area contributed by atoms with Crippen molar-refractivity contribution in [1.82, 2.24) is 19.4 Å². The number of amides is 2. The van der Waals surface area contributed by atoms with Gasteiger partial charge in [0, 0.05) is 38.4 Å². The Labute approximate surface area is 146 Å². The molecule has 2 atom stereocenters. The molecule has 4 rings (SSSR count). The van der Waals surface area contributed by atoms with Gasteiger partial charge in [-0.2, -0.15) is 0 Å². The topological polar surface area (TPSA) is 58.4 Å². The molecule has 3 aliphatic rings. The maximum absolute atomic E-state index is 12.9. The first-order valence-corrected chi connectivity index (χ1v) is 9.72. The molecule has 24 heavy (non-hydrogen) atoms. The molecule has 1 aromatic heterocycles. The molecular formula is C17H24N4O2S. The summed E-state index contributed by atoms with van der Waals surface area (Å²) in [7, 11) is 1.82. The summed E-state index contributed by atoms with van der Waals surface area (Å²) < 4.78 is 2.21. The highest BCUT2D eigenvalue weighted by Gasteiger charge is 2.53. The highest BCUT2D eigenvalue weighted by molar-refractivity contribution is 8.01. The predicted octanol–water partition coefficient (Wildman–Crippen LogP) is 1.63. The van der Waals surface area contributed by atoms with Crippen LogP contribution in [-0.4, -0.2) is 54.9 Å². The standard InChI is InChI=1S/C17H24N4O2S/c1-17-7-6-15(22)21(17)13(11-24-17)16(23)19(2)9-12-10-20-8-4-3-5-14(20)18-12/h10,13H,3-9,11H2,1-2H3. The Morgan fingerprint density at radius 2 is 2.29 bits per heavy atom. The average molecular weight is 348 g/mol. The van der Waals surface area contributed by atoms with Crippen LogP contribution in [0.5, 0.6) is 0 Å². The van der Waals surface area contributed by atoms with E-state index < -0.39 is 0 Å². The third-order valence-electron chi connectivity index (χ3n) is 5.46. The Balaban J connectivity index is 1.46. The summed E-state index contributed by atoms with van der Waals surface area (Å²) >= 11 is 1.74. The van der Waals surface area contributed by atoms with E-state index >= 15 is 0 Å². The second kappa shape index (κ2) is 5.79. The molecule has 0 bridgehead atoms. The molecule has 0 N–H and O–H groups in total. The molecule has 1 aromatic rings. The largest absolute Gasteiger partial charge is 0.338 e. The summed E-state index contributed by atoms with van der Waals surface area (Å²) in [5.74, 6) is 1.99. The Hall–Kier alpha value is -1.50. The van der Waals surface area contributed by atoms with Crippen LogP contribution >= 0.6 is 11.8 Å². The Kier molecular flexibility index (Phi) is 3.86. The number of nitrogens with zero attached hydrogens (tertiary/aromatic N) is 4. The van der Waals surface area contributed by atoms with Crippen LogP contribution in [0.4, 0.5) is 0 Å². The van der Waals surface area contributed by atoms with E-state index in [1.165, 1.54) is 12.8 Å². The summed E-state index contributed by atoms with van der Waals surface area (Å²) in [5, 5.41) is 0. The summed E-state index contributed by atoms with van der Waals surface area (Å²) in [6.45, 7) is 3.62. The SMILES string of the molecule is CN(Cc1cn2c(n1)CCCC2)C(=O)C1CSC2(C)CCC(=O)N12. The van der Waals surface area contributed by atoms with Gasteiger partial charge >= 0.3 is 0 Å². The van der Waals surface area contributed by atoms with Gasteiger partial charge in [-0.3, -0.25) is 9.59 Å². The predicted molar refractivity (Wildman–Crippen MR) is 92.4 cm³/mol. The normalized spacial score (nSPS) is 28.8. The molecule has 7 heteroatoms. The van der Waals surface area contributed by atoms with Crippen LogP contribution in [0.2, 0.25) is 0 Å². The number of carbonyl (C=O) groups is 2. The molecule has 0 aromatic carbocycles. The molecule has 0 saturated carbocycles. The Morgan fingerprint density at radius 3 is 3.08 bits per heavy atom. The van der Waals surface area contributed by atoms with Crippen LogP contribution in [0.15, 0.2) is 6.20 Å². The molecule has 0 spiro atoms. The van der Waals surface area contributed by atoms with Gasteiger partial charge in [0.05, 0.1) is 17.1 Å². The van der Waals surface area contributed by atoms with Crippen LogP contribution in [0.3, 0.4) is 0 Å². The molecule has 6 nitrogen and oxygen atoms in total. The summed E-state index contributed by atoms with van der Waals surface area (Å²) in [4.78, 5) is 33.2. The molecular weight excluding hydrogens is 324 g/mol. The zero-order chi connectivity index (χ0) is 16.9. The minimum absolute atomic E-state index is 0.0347. The number of imidazole rings is 1. The zero-order valence-electron chi connectivity index (χ0n) is 14.3. The van der Waals surface area contributed by atoms with E-state index in [0.29, 0.717) is 18.7 Å². The van der Waals surface area contributed by atoms with Crippen molar-refractivity contribution in [2.75, 3.05) is 12.8 Å².